The average molecular weight is 310 g/mol. The van der Waals surface area contributed by atoms with Crippen LogP contribution in [0.1, 0.15) is 12.5 Å². The molecule has 0 unspecified atom stereocenters. The molecule has 0 aromatic carbocycles. The van der Waals surface area contributed by atoms with E-state index in [1.165, 1.54) is 11.3 Å². The number of hydrogen-bond acceptors (Lipinski definition) is 7. The van der Waals surface area contributed by atoms with E-state index in [-0.39, 0.29) is 22.8 Å². The van der Waals surface area contributed by atoms with Gasteiger partial charge < -0.3 is 13.9 Å². The van der Waals surface area contributed by atoms with Crippen LogP contribution in [-0.4, -0.2) is 34.6 Å². The number of carbonyl (C=O) groups excluding carboxylic acids is 1. The molecule has 0 saturated carbocycles. The molecule has 6 nitrogen and oxygen atoms in total. The number of rotatable bonds is 2. The van der Waals surface area contributed by atoms with Crippen molar-refractivity contribution >= 4 is 29.3 Å². The maximum Gasteiger partial charge on any atom is 0.287 e. The summed E-state index contributed by atoms with van der Waals surface area (Å²) >= 11 is 6.73. The van der Waals surface area contributed by atoms with Gasteiger partial charge in [0.25, 0.3) is 10.7 Å². The van der Waals surface area contributed by atoms with E-state index in [9.17, 15) is 4.79 Å². The van der Waals surface area contributed by atoms with Crippen LogP contribution in [0, 0.1) is 4.84 Å². The van der Waals surface area contributed by atoms with Crippen molar-refractivity contribution in [1.82, 2.24) is 9.78 Å². The van der Waals surface area contributed by atoms with E-state index in [0.29, 0.717) is 18.9 Å². The van der Waals surface area contributed by atoms with Crippen LogP contribution in [0.4, 0.5) is 0 Å². The lowest BCUT2D eigenvalue weighted by atomic mass is 10.0. The molecule has 0 radical (unpaired) electrons. The zero-order chi connectivity index (χ0) is 13.7. The van der Waals surface area contributed by atoms with E-state index in [1.807, 2.05) is 17.5 Å². The fourth-order valence-electron chi connectivity index (χ4n) is 2.47. The highest BCUT2D eigenvalue weighted by molar-refractivity contribution is 7.71. The predicted molar refractivity (Wildman–Crippen MR) is 71.9 cm³/mol. The molecule has 4 rings (SSSR count). The number of fused-ring (bicyclic) bond motifs is 2. The molecular weight excluding hydrogens is 300 g/mol. The molecule has 3 atom stereocenters. The van der Waals surface area contributed by atoms with Crippen molar-refractivity contribution in [2.45, 2.75) is 24.9 Å². The Morgan fingerprint density at radius 3 is 3.20 bits per heavy atom. The number of Topliss-reactive ketones (excluding diaryl/α,β-unsaturated/α-hetero) is 1. The van der Waals surface area contributed by atoms with Crippen molar-refractivity contribution in [1.29, 1.82) is 0 Å². The number of hydrogen-bond donors (Lipinski definition) is 0. The van der Waals surface area contributed by atoms with Crippen LogP contribution in [0.25, 0.3) is 10.8 Å². The van der Waals surface area contributed by atoms with E-state index >= 15 is 0 Å². The number of ketones is 1. The highest BCUT2D eigenvalue weighted by Crippen LogP contribution is 2.34. The molecule has 0 aliphatic carbocycles. The Labute approximate surface area is 122 Å². The quantitative estimate of drug-likeness (QED) is 0.792. The molecule has 104 valence electrons. The van der Waals surface area contributed by atoms with Crippen LogP contribution in [-0.2, 0) is 14.3 Å². The van der Waals surface area contributed by atoms with E-state index in [4.69, 9.17) is 26.1 Å². The highest BCUT2D eigenvalue weighted by Gasteiger charge is 2.45. The lowest BCUT2D eigenvalue weighted by Crippen LogP contribution is -2.37. The van der Waals surface area contributed by atoms with Crippen molar-refractivity contribution < 1.29 is 18.7 Å². The highest BCUT2D eigenvalue weighted by atomic mass is 32.1. The largest absolute Gasteiger partial charge is 0.408 e. The fraction of sp³-hybridized carbons (Fsp3) is 0.417. The fourth-order valence-corrected chi connectivity index (χ4v) is 3.37. The summed E-state index contributed by atoms with van der Waals surface area (Å²) in [6.07, 6.45) is -0.611. The summed E-state index contributed by atoms with van der Waals surface area (Å²) < 4.78 is 17.9. The minimum atomic E-state index is -0.714. The van der Waals surface area contributed by atoms with Gasteiger partial charge in [-0.15, -0.1) is 16.4 Å². The molecule has 0 N–H and O–H groups in total. The van der Waals surface area contributed by atoms with Crippen molar-refractivity contribution in [3.05, 3.63) is 22.4 Å². The molecule has 8 heteroatoms. The number of nitrogens with zero attached hydrogens (tertiary/aromatic N) is 2. The standard InChI is InChI=1S/C12H10N2O4S2/c15-7-4-6(8-5-16-11(7)17-8)14-12(19)18-10(13-14)9-2-1-3-20-9/h1-3,6,8,11H,4-5H2/t6-,8+,11+/m0/s1. The maximum atomic E-state index is 11.8. The van der Waals surface area contributed by atoms with E-state index in [2.05, 4.69) is 5.10 Å². The molecule has 4 heterocycles. The second-order valence-electron chi connectivity index (χ2n) is 4.67. The zero-order valence-corrected chi connectivity index (χ0v) is 11.9. The number of aromatic nitrogens is 2. The molecule has 0 amide bonds. The molecule has 2 aromatic rings. The summed E-state index contributed by atoms with van der Waals surface area (Å²) in [4.78, 5) is 13.0. The minimum Gasteiger partial charge on any atom is -0.408 e. The van der Waals surface area contributed by atoms with Crippen LogP contribution in [0.3, 0.4) is 0 Å². The van der Waals surface area contributed by atoms with Gasteiger partial charge in [0.2, 0.25) is 6.29 Å². The smallest absolute Gasteiger partial charge is 0.287 e. The summed E-state index contributed by atoms with van der Waals surface area (Å²) in [5, 5.41) is 6.34. The third-order valence-electron chi connectivity index (χ3n) is 3.43. The molecule has 20 heavy (non-hydrogen) atoms. The third-order valence-corrected chi connectivity index (χ3v) is 4.56. The van der Waals surface area contributed by atoms with Crippen LogP contribution in [0.2, 0.25) is 0 Å². The van der Waals surface area contributed by atoms with Gasteiger partial charge in [-0.25, -0.2) is 4.68 Å². The summed E-state index contributed by atoms with van der Waals surface area (Å²) in [6, 6.07) is 3.57. The Kier molecular flexibility index (Phi) is 2.84. The molecule has 2 aliphatic heterocycles. The van der Waals surface area contributed by atoms with Gasteiger partial charge in [0.15, 0.2) is 5.78 Å². The lowest BCUT2D eigenvalue weighted by Gasteiger charge is -2.25. The average Bonchev–Trinajstić information content (AvgIpc) is 3.15. The Morgan fingerprint density at radius 1 is 1.50 bits per heavy atom. The minimum absolute atomic E-state index is 0.0775. The molecule has 2 aliphatic rings. The topological polar surface area (TPSA) is 66.5 Å². The monoisotopic (exact) mass is 310 g/mol. The van der Waals surface area contributed by atoms with Crippen molar-refractivity contribution in [2.24, 2.45) is 0 Å². The third kappa shape index (κ3) is 1.87. The van der Waals surface area contributed by atoms with Gasteiger partial charge in [0.05, 0.1) is 17.5 Å². The molecule has 2 saturated heterocycles. The van der Waals surface area contributed by atoms with Crippen LogP contribution in [0.15, 0.2) is 21.9 Å². The summed E-state index contributed by atoms with van der Waals surface area (Å²) in [7, 11) is 0. The second kappa shape index (κ2) is 4.59. The molecule has 2 bridgehead atoms. The molecular formula is C12H10N2O4S2. The number of carbonyl (C=O) groups is 1. The van der Waals surface area contributed by atoms with Gasteiger partial charge >= 0.3 is 0 Å². The summed E-state index contributed by atoms with van der Waals surface area (Å²) in [5.41, 5.74) is 0. The summed E-state index contributed by atoms with van der Waals surface area (Å²) in [5.74, 6) is 0.393. The van der Waals surface area contributed by atoms with Crippen molar-refractivity contribution in [3.8, 4) is 10.8 Å². The Bertz CT molecular complexity index is 705. The Morgan fingerprint density at radius 2 is 2.40 bits per heavy atom. The molecule has 2 aromatic heterocycles. The van der Waals surface area contributed by atoms with Crippen molar-refractivity contribution in [2.75, 3.05) is 6.61 Å². The SMILES string of the molecule is O=C1C[C@H](n2nc(-c3cccs3)oc2=S)[C@H]2CO[C@@H]1O2. The van der Waals surface area contributed by atoms with E-state index < -0.39 is 6.29 Å². The first kappa shape index (κ1) is 12.4. The molecule has 0 spiro atoms. The zero-order valence-electron chi connectivity index (χ0n) is 10.2. The first-order valence-electron chi connectivity index (χ1n) is 6.15. The van der Waals surface area contributed by atoms with Gasteiger partial charge in [-0.05, 0) is 23.7 Å². The van der Waals surface area contributed by atoms with Crippen LogP contribution >= 0.6 is 23.6 Å². The maximum absolute atomic E-state index is 11.8. The van der Waals surface area contributed by atoms with Gasteiger partial charge in [-0.2, -0.15) is 0 Å². The second-order valence-corrected chi connectivity index (χ2v) is 5.97. The van der Waals surface area contributed by atoms with E-state index in [1.54, 1.807) is 4.68 Å². The van der Waals surface area contributed by atoms with Gasteiger partial charge in [-0.3, -0.25) is 4.79 Å². The number of thiophene rings is 1. The van der Waals surface area contributed by atoms with Gasteiger partial charge in [-0.1, -0.05) is 6.07 Å². The Hall–Kier alpha value is -1.35. The van der Waals surface area contributed by atoms with Gasteiger partial charge in [0.1, 0.15) is 6.10 Å². The predicted octanol–water partition coefficient (Wildman–Crippen LogP) is 2.19. The first-order chi connectivity index (χ1) is 9.72. The number of ether oxygens (including phenoxy) is 2. The van der Waals surface area contributed by atoms with E-state index in [0.717, 1.165) is 4.88 Å². The van der Waals surface area contributed by atoms with Crippen LogP contribution < -0.4 is 0 Å². The summed E-state index contributed by atoms with van der Waals surface area (Å²) in [6.45, 7) is 0.379. The normalized spacial score (nSPS) is 29.0. The Balaban J connectivity index is 1.72. The first-order valence-corrected chi connectivity index (χ1v) is 7.44. The van der Waals surface area contributed by atoms with Gasteiger partial charge in [0, 0.05) is 6.42 Å². The molecule has 2 fully saturated rings. The van der Waals surface area contributed by atoms with Crippen molar-refractivity contribution in [3.63, 3.8) is 0 Å². The van der Waals surface area contributed by atoms with Crippen LogP contribution in [0.5, 0.6) is 0 Å². The lowest BCUT2D eigenvalue weighted by molar-refractivity contribution is -0.156.